The summed E-state index contributed by atoms with van der Waals surface area (Å²) in [6.45, 7) is 0.0444. The quantitative estimate of drug-likeness (QED) is 0.908. The summed E-state index contributed by atoms with van der Waals surface area (Å²) in [6, 6.07) is 9.54. The van der Waals surface area contributed by atoms with Gasteiger partial charge in [0.1, 0.15) is 0 Å². The molecule has 20 heavy (non-hydrogen) atoms. The Morgan fingerprint density at radius 2 is 1.75 bits per heavy atom. The molecule has 0 unspecified atom stereocenters. The van der Waals surface area contributed by atoms with E-state index in [1.165, 1.54) is 0 Å². The lowest BCUT2D eigenvalue weighted by atomic mass is 10.2. The lowest BCUT2D eigenvalue weighted by Gasteiger charge is -2.08. The van der Waals surface area contributed by atoms with Gasteiger partial charge in [0.05, 0.1) is 4.90 Å². The number of sulfonamides is 1. The second-order valence-corrected chi connectivity index (χ2v) is 6.61. The molecule has 0 radical (unpaired) electrons. The fourth-order valence-electron chi connectivity index (χ4n) is 1.54. The zero-order valence-electron chi connectivity index (χ0n) is 10.1. The van der Waals surface area contributed by atoms with Crippen LogP contribution in [0.3, 0.4) is 0 Å². The molecule has 106 valence electrons. The van der Waals surface area contributed by atoms with Crippen LogP contribution in [0.5, 0.6) is 0 Å². The minimum Gasteiger partial charge on any atom is -0.207 e. The minimum absolute atomic E-state index is 0.0444. The molecule has 2 rings (SSSR count). The average molecular weight is 362 g/mol. The van der Waals surface area contributed by atoms with Crippen molar-refractivity contribution in [2.45, 2.75) is 11.4 Å². The Hall–Kier alpha value is -1.31. The van der Waals surface area contributed by atoms with E-state index in [1.807, 2.05) is 0 Å². The van der Waals surface area contributed by atoms with Crippen LogP contribution in [-0.2, 0) is 16.6 Å². The second kappa shape index (κ2) is 5.99. The molecule has 0 saturated carbocycles. The van der Waals surface area contributed by atoms with Gasteiger partial charge in [-0.15, -0.1) is 0 Å². The van der Waals surface area contributed by atoms with Crippen LogP contribution in [0, 0.1) is 11.6 Å². The third-order valence-electron chi connectivity index (χ3n) is 2.61. The topological polar surface area (TPSA) is 46.2 Å². The smallest absolute Gasteiger partial charge is 0.207 e. The van der Waals surface area contributed by atoms with Crippen LogP contribution < -0.4 is 4.72 Å². The number of nitrogens with one attached hydrogen (secondary N) is 1. The largest absolute Gasteiger partial charge is 0.240 e. The summed E-state index contributed by atoms with van der Waals surface area (Å²) in [5, 5.41) is 0. The van der Waals surface area contributed by atoms with E-state index in [9.17, 15) is 17.2 Å². The van der Waals surface area contributed by atoms with Gasteiger partial charge >= 0.3 is 0 Å². The van der Waals surface area contributed by atoms with Gasteiger partial charge in [-0.3, -0.25) is 0 Å². The first-order chi connectivity index (χ1) is 9.40. The monoisotopic (exact) mass is 361 g/mol. The fraction of sp³-hybridized carbons (Fsp3) is 0.0769. The summed E-state index contributed by atoms with van der Waals surface area (Å²) >= 11 is 3.30. The molecule has 0 aromatic heterocycles. The summed E-state index contributed by atoms with van der Waals surface area (Å²) < 4.78 is 52.9. The normalized spacial score (nSPS) is 11.6. The van der Waals surface area contributed by atoms with Crippen molar-refractivity contribution in [1.82, 2.24) is 4.72 Å². The maximum absolute atomic E-state index is 13.1. The van der Waals surface area contributed by atoms with Gasteiger partial charge in [0.2, 0.25) is 10.0 Å². The predicted octanol–water partition coefficient (Wildman–Crippen LogP) is 3.21. The van der Waals surface area contributed by atoms with Gasteiger partial charge in [-0.2, -0.15) is 0 Å². The van der Waals surface area contributed by atoms with Gasteiger partial charge in [-0.05, 0) is 29.8 Å². The van der Waals surface area contributed by atoms with Gasteiger partial charge in [0.25, 0.3) is 0 Å². The van der Waals surface area contributed by atoms with Crippen LogP contribution in [0.1, 0.15) is 5.56 Å². The van der Waals surface area contributed by atoms with Crippen molar-refractivity contribution in [2.24, 2.45) is 0 Å². The molecule has 0 fully saturated rings. The number of rotatable bonds is 4. The first kappa shape index (κ1) is 15.1. The van der Waals surface area contributed by atoms with Gasteiger partial charge in [-0.1, -0.05) is 34.1 Å². The zero-order chi connectivity index (χ0) is 14.8. The standard InChI is InChI=1S/C13H10BrF2NO2S/c14-11-4-2-1-3-9(11)8-17-20(18,19)10-5-6-12(15)13(16)7-10/h1-7,17H,8H2. The highest BCUT2D eigenvalue weighted by atomic mass is 79.9. The minimum atomic E-state index is -3.89. The Morgan fingerprint density at radius 3 is 2.40 bits per heavy atom. The maximum atomic E-state index is 13.1. The van der Waals surface area contributed by atoms with Crippen molar-refractivity contribution in [3.8, 4) is 0 Å². The van der Waals surface area contributed by atoms with Crippen LogP contribution in [0.25, 0.3) is 0 Å². The lowest BCUT2D eigenvalue weighted by Crippen LogP contribution is -2.23. The molecule has 0 amide bonds. The molecule has 0 heterocycles. The number of hydrogen-bond acceptors (Lipinski definition) is 2. The van der Waals surface area contributed by atoms with E-state index >= 15 is 0 Å². The van der Waals surface area contributed by atoms with Crippen molar-refractivity contribution < 1.29 is 17.2 Å². The summed E-state index contributed by atoms with van der Waals surface area (Å²) in [4.78, 5) is -0.316. The van der Waals surface area contributed by atoms with Crippen LogP contribution >= 0.6 is 15.9 Å². The summed E-state index contributed by atoms with van der Waals surface area (Å²) in [6.07, 6.45) is 0. The van der Waals surface area contributed by atoms with Gasteiger partial charge < -0.3 is 0 Å². The van der Waals surface area contributed by atoms with Gasteiger partial charge in [0, 0.05) is 11.0 Å². The van der Waals surface area contributed by atoms with Gasteiger partial charge in [0.15, 0.2) is 11.6 Å². The zero-order valence-corrected chi connectivity index (χ0v) is 12.5. The summed E-state index contributed by atoms with van der Waals surface area (Å²) in [5.74, 6) is -2.29. The molecule has 0 bridgehead atoms. The van der Waals surface area contributed by atoms with Crippen LogP contribution in [0.2, 0.25) is 0 Å². The fourth-order valence-corrected chi connectivity index (χ4v) is 2.98. The van der Waals surface area contributed by atoms with E-state index in [4.69, 9.17) is 0 Å². The Balaban J connectivity index is 2.19. The Morgan fingerprint density at radius 1 is 1.05 bits per heavy atom. The van der Waals surface area contributed by atoms with E-state index in [0.717, 1.165) is 22.2 Å². The van der Waals surface area contributed by atoms with E-state index in [2.05, 4.69) is 20.7 Å². The third kappa shape index (κ3) is 3.41. The van der Waals surface area contributed by atoms with Crippen molar-refractivity contribution >= 4 is 26.0 Å². The van der Waals surface area contributed by atoms with Crippen LogP contribution in [0.15, 0.2) is 51.8 Å². The highest BCUT2D eigenvalue weighted by Gasteiger charge is 2.16. The van der Waals surface area contributed by atoms with Crippen molar-refractivity contribution in [3.63, 3.8) is 0 Å². The molecular weight excluding hydrogens is 352 g/mol. The number of benzene rings is 2. The Bertz CT molecular complexity index is 735. The molecule has 0 saturated heterocycles. The summed E-state index contributed by atoms with van der Waals surface area (Å²) in [5.41, 5.74) is 0.735. The molecule has 1 N–H and O–H groups in total. The van der Waals surface area contributed by atoms with E-state index < -0.39 is 21.7 Å². The first-order valence-corrected chi connectivity index (χ1v) is 7.86. The summed E-state index contributed by atoms with van der Waals surface area (Å²) in [7, 11) is -3.89. The van der Waals surface area contributed by atoms with E-state index in [1.54, 1.807) is 24.3 Å². The molecule has 0 spiro atoms. The first-order valence-electron chi connectivity index (χ1n) is 5.58. The molecule has 2 aromatic carbocycles. The molecule has 0 aliphatic heterocycles. The van der Waals surface area contributed by atoms with Crippen LogP contribution in [-0.4, -0.2) is 8.42 Å². The Kier molecular flexibility index (Phi) is 4.52. The van der Waals surface area contributed by atoms with Crippen molar-refractivity contribution in [2.75, 3.05) is 0 Å². The number of halogens is 3. The average Bonchev–Trinajstić information content (AvgIpc) is 2.41. The SMILES string of the molecule is O=S(=O)(NCc1ccccc1Br)c1ccc(F)c(F)c1. The third-order valence-corrected chi connectivity index (χ3v) is 4.78. The highest BCUT2D eigenvalue weighted by Crippen LogP contribution is 2.17. The van der Waals surface area contributed by atoms with Crippen LogP contribution in [0.4, 0.5) is 8.78 Å². The maximum Gasteiger partial charge on any atom is 0.240 e. The molecule has 0 aliphatic rings. The molecule has 0 aliphatic carbocycles. The lowest BCUT2D eigenvalue weighted by molar-refractivity contribution is 0.504. The molecule has 0 atom stereocenters. The van der Waals surface area contributed by atoms with Crippen molar-refractivity contribution in [1.29, 1.82) is 0 Å². The number of hydrogen-bond donors (Lipinski definition) is 1. The highest BCUT2D eigenvalue weighted by molar-refractivity contribution is 9.10. The van der Waals surface area contributed by atoms with E-state index in [-0.39, 0.29) is 11.4 Å². The predicted molar refractivity (Wildman–Crippen MR) is 74.5 cm³/mol. The molecule has 2 aromatic rings. The molecule has 3 nitrogen and oxygen atoms in total. The van der Waals surface area contributed by atoms with E-state index in [0.29, 0.717) is 6.07 Å². The van der Waals surface area contributed by atoms with Crippen molar-refractivity contribution in [3.05, 3.63) is 64.1 Å². The molecule has 7 heteroatoms. The second-order valence-electron chi connectivity index (χ2n) is 3.99. The Labute approximate surface area is 123 Å². The van der Waals surface area contributed by atoms with Gasteiger partial charge in [-0.25, -0.2) is 21.9 Å². The molecular formula is C13H10BrF2NO2S.